The molecule has 0 saturated heterocycles. The molecule has 1 aliphatic rings. The first-order valence-electron chi connectivity index (χ1n) is 9.22. The van der Waals surface area contributed by atoms with Crippen LogP contribution in [0.15, 0.2) is 103 Å². The highest BCUT2D eigenvalue weighted by Gasteiger charge is 2.11. The van der Waals surface area contributed by atoms with Crippen molar-refractivity contribution in [2.24, 2.45) is 5.92 Å². The molecule has 1 aromatic rings. The first-order chi connectivity index (χ1) is 12.7. The highest BCUT2D eigenvalue weighted by Crippen LogP contribution is 2.26. The van der Waals surface area contributed by atoms with Gasteiger partial charge in [-0.2, -0.15) is 0 Å². The van der Waals surface area contributed by atoms with Crippen LogP contribution in [0, 0.1) is 5.92 Å². The van der Waals surface area contributed by atoms with Crippen LogP contribution in [0.25, 0.3) is 5.57 Å². The number of hydrogen-bond acceptors (Lipinski definition) is 1. The molecule has 0 heterocycles. The van der Waals surface area contributed by atoms with Gasteiger partial charge in [-0.15, -0.1) is 0 Å². The molecule has 1 heteroatoms. The Hall–Kier alpha value is -2.80. The summed E-state index contributed by atoms with van der Waals surface area (Å²) in [6.45, 7) is 9.95. The predicted molar refractivity (Wildman–Crippen MR) is 117 cm³/mol. The van der Waals surface area contributed by atoms with Crippen LogP contribution in [0.5, 0.6) is 0 Å². The molecule has 0 spiro atoms. The van der Waals surface area contributed by atoms with Gasteiger partial charge in [-0.1, -0.05) is 73.4 Å². The summed E-state index contributed by atoms with van der Waals surface area (Å²) in [6, 6.07) is 8.53. The smallest absolute Gasteiger partial charge is 0.0384 e. The van der Waals surface area contributed by atoms with E-state index in [1.54, 1.807) is 6.08 Å². The molecule has 1 nitrogen and oxygen atoms in total. The van der Waals surface area contributed by atoms with Crippen molar-refractivity contribution in [3.05, 3.63) is 108 Å². The Bertz CT molecular complexity index is 780. The van der Waals surface area contributed by atoms with E-state index in [0.717, 1.165) is 17.8 Å². The third-order valence-corrected chi connectivity index (χ3v) is 4.45. The first kappa shape index (κ1) is 19.5. The zero-order chi connectivity index (χ0) is 18.8. The Morgan fingerprint density at radius 1 is 1.08 bits per heavy atom. The molecule has 0 saturated carbocycles. The van der Waals surface area contributed by atoms with E-state index in [0.29, 0.717) is 5.92 Å². The SMILES string of the molecule is C=C/C=C\C(=C/C)c1ccc(NC2=CCC(C(/C=C\C)=C/C)C=C2)cc1. The average Bonchev–Trinajstić information content (AvgIpc) is 2.68. The normalized spacial score (nSPS) is 18.4. The number of rotatable bonds is 7. The Labute approximate surface area is 158 Å². The molecule has 1 N–H and O–H groups in total. The molecule has 1 aliphatic carbocycles. The molecule has 0 fully saturated rings. The van der Waals surface area contributed by atoms with Crippen LogP contribution in [-0.4, -0.2) is 0 Å². The van der Waals surface area contributed by atoms with Crippen LogP contribution in [0.4, 0.5) is 5.69 Å². The second-order valence-corrected chi connectivity index (χ2v) is 6.19. The Balaban J connectivity index is 2.02. The largest absolute Gasteiger partial charge is 0.356 e. The van der Waals surface area contributed by atoms with Gasteiger partial charge in [0.05, 0.1) is 0 Å². The van der Waals surface area contributed by atoms with E-state index in [-0.39, 0.29) is 0 Å². The fraction of sp³-hybridized carbons (Fsp3) is 0.200. The van der Waals surface area contributed by atoms with Crippen molar-refractivity contribution < 1.29 is 0 Å². The van der Waals surface area contributed by atoms with Crippen molar-refractivity contribution in [3.63, 3.8) is 0 Å². The van der Waals surface area contributed by atoms with Crippen LogP contribution >= 0.6 is 0 Å². The molecular weight excluding hydrogens is 314 g/mol. The van der Waals surface area contributed by atoms with E-state index < -0.39 is 0 Å². The lowest BCUT2D eigenvalue weighted by Gasteiger charge is -2.18. The Morgan fingerprint density at radius 3 is 2.38 bits per heavy atom. The van der Waals surface area contributed by atoms with Gasteiger partial charge in [0.15, 0.2) is 0 Å². The van der Waals surface area contributed by atoms with Gasteiger partial charge < -0.3 is 5.32 Å². The third-order valence-electron chi connectivity index (χ3n) is 4.45. The second-order valence-electron chi connectivity index (χ2n) is 6.19. The van der Waals surface area contributed by atoms with Gasteiger partial charge >= 0.3 is 0 Å². The molecule has 0 amide bonds. The van der Waals surface area contributed by atoms with Gasteiger partial charge in [0.25, 0.3) is 0 Å². The van der Waals surface area contributed by atoms with Crippen molar-refractivity contribution in [2.45, 2.75) is 27.2 Å². The van der Waals surface area contributed by atoms with Crippen molar-refractivity contribution >= 4 is 11.3 Å². The minimum absolute atomic E-state index is 0.470. The van der Waals surface area contributed by atoms with Crippen LogP contribution in [0.2, 0.25) is 0 Å². The van der Waals surface area contributed by atoms with E-state index in [1.165, 1.54) is 16.7 Å². The minimum Gasteiger partial charge on any atom is -0.356 e. The van der Waals surface area contributed by atoms with Gasteiger partial charge in [0.2, 0.25) is 0 Å². The zero-order valence-corrected chi connectivity index (χ0v) is 16.1. The maximum absolute atomic E-state index is 3.73. The van der Waals surface area contributed by atoms with Gasteiger partial charge in [-0.05, 0) is 62.1 Å². The molecule has 1 atom stereocenters. The van der Waals surface area contributed by atoms with Crippen LogP contribution in [0.1, 0.15) is 32.8 Å². The summed E-state index contributed by atoms with van der Waals surface area (Å²) in [5.74, 6) is 0.470. The monoisotopic (exact) mass is 343 g/mol. The number of hydrogen-bond donors (Lipinski definition) is 1. The number of allylic oxidation sites excluding steroid dienone is 12. The topological polar surface area (TPSA) is 12.0 Å². The molecule has 0 bridgehead atoms. The van der Waals surface area contributed by atoms with Crippen LogP contribution < -0.4 is 5.32 Å². The summed E-state index contributed by atoms with van der Waals surface area (Å²) in [5.41, 5.74) is 6.02. The second kappa shape index (κ2) is 10.2. The van der Waals surface area contributed by atoms with Gasteiger partial charge in [-0.3, -0.25) is 0 Å². The Morgan fingerprint density at radius 2 is 1.85 bits per heavy atom. The molecular formula is C25H29N. The summed E-state index contributed by atoms with van der Waals surface area (Å²) in [7, 11) is 0. The van der Waals surface area contributed by atoms with Crippen LogP contribution in [0.3, 0.4) is 0 Å². The molecule has 0 radical (unpaired) electrons. The van der Waals surface area contributed by atoms with Crippen molar-refractivity contribution in [1.29, 1.82) is 0 Å². The molecule has 1 unspecified atom stereocenters. The lowest BCUT2D eigenvalue weighted by molar-refractivity contribution is 0.778. The molecule has 0 aromatic heterocycles. The summed E-state index contributed by atoms with van der Waals surface area (Å²) < 4.78 is 0. The van der Waals surface area contributed by atoms with Crippen LogP contribution in [-0.2, 0) is 0 Å². The quantitative estimate of drug-likeness (QED) is 0.515. The van der Waals surface area contributed by atoms with Crippen molar-refractivity contribution in [3.8, 4) is 0 Å². The van der Waals surface area contributed by atoms with E-state index in [1.807, 2.05) is 6.08 Å². The van der Waals surface area contributed by atoms with E-state index in [2.05, 4.69) is 106 Å². The highest BCUT2D eigenvalue weighted by molar-refractivity contribution is 5.75. The molecule has 2 rings (SSSR count). The molecule has 0 aliphatic heterocycles. The van der Waals surface area contributed by atoms with Crippen molar-refractivity contribution in [2.75, 3.05) is 5.32 Å². The number of anilines is 1. The van der Waals surface area contributed by atoms with Crippen molar-refractivity contribution in [1.82, 2.24) is 0 Å². The number of nitrogens with one attached hydrogen (secondary N) is 1. The van der Waals surface area contributed by atoms with Gasteiger partial charge in [0, 0.05) is 17.3 Å². The Kier molecular flexibility index (Phi) is 7.70. The van der Waals surface area contributed by atoms with Gasteiger partial charge in [-0.25, -0.2) is 0 Å². The van der Waals surface area contributed by atoms with E-state index in [4.69, 9.17) is 0 Å². The fourth-order valence-corrected chi connectivity index (χ4v) is 3.03. The lowest BCUT2D eigenvalue weighted by atomic mass is 9.91. The molecule has 26 heavy (non-hydrogen) atoms. The summed E-state index contributed by atoms with van der Waals surface area (Å²) >= 11 is 0. The maximum atomic E-state index is 3.73. The fourth-order valence-electron chi connectivity index (χ4n) is 3.03. The van der Waals surface area contributed by atoms with E-state index >= 15 is 0 Å². The third kappa shape index (κ3) is 5.35. The van der Waals surface area contributed by atoms with Gasteiger partial charge in [0.1, 0.15) is 0 Å². The highest BCUT2D eigenvalue weighted by atomic mass is 14.9. The first-order valence-corrected chi connectivity index (χ1v) is 9.22. The minimum atomic E-state index is 0.470. The average molecular weight is 344 g/mol. The summed E-state index contributed by atoms with van der Waals surface area (Å²) in [5, 5.41) is 3.50. The maximum Gasteiger partial charge on any atom is 0.0384 e. The molecule has 1 aromatic carbocycles. The zero-order valence-electron chi connectivity index (χ0n) is 16.1. The van der Waals surface area contributed by atoms with E-state index in [9.17, 15) is 0 Å². The molecule has 134 valence electrons. The summed E-state index contributed by atoms with van der Waals surface area (Å²) in [4.78, 5) is 0. The number of benzene rings is 1. The predicted octanol–water partition coefficient (Wildman–Crippen LogP) is 7.23. The lowest BCUT2D eigenvalue weighted by Crippen LogP contribution is -2.06. The standard InChI is InChI=1S/C25H29N/c1-5-9-11-21(8-4)23-14-18-25(19-15-23)26-24-16-12-22(13-17-24)20(7-3)10-6-2/h5-12,14-19,22,26H,1,13H2,2-4H3/b10-6-,11-9-,20-7+,21-8+. The summed E-state index contributed by atoms with van der Waals surface area (Å²) in [6.07, 6.45) is 22.2.